The third-order valence-corrected chi connectivity index (χ3v) is 6.50. The number of hydrogen-bond acceptors (Lipinski definition) is 2. The number of carbonyl (C=O) groups is 2. The average Bonchev–Trinajstić information content (AvgIpc) is 3.44. The maximum atomic E-state index is 13.8. The van der Waals surface area contributed by atoms with E-state index in [9.17, 15) is 19.1 Å². The highest BCUT2D eigenvalue weighted by molar-refractivity contribution is 5.92. The number of nitrogens with zero attached hydrogens (tertiary/aromatic N) is 1. The fraction of sp³-hybridized carbons (Fsp3) is 0.250. The molecule has 1 saturated heterocycles. The van der Waals surface area contributed by atoms with Gasteiger partial charge >= 0.3 is 5.97 Å². The Hall–Kier alpha value is -3.21. The molecule has 0 aromatic heterocycles. The third-order valence-electron chi connectivity index (χ3n) is 6.50. The van der Waals surface area contributed by atoms with Crippen LogP contribution in [0.25, 0.3) is 0 Å². The number of hydrogen-bond donors (Lipinski definition) is 1. The Kier molecular flexibility index (Phi) is 3.95. The van der Waals surface area contributed by atoms with Gasteiger partial charge in [0.2, 0.25) is 5.91 Å². The minimum atomic E-state index is -0.984. The van der Waals surface area contributed by atoms with Crippen molar-refractivity contribution >= 4 is 11.9 Å². The molecule has 0 bridgehead atoms. The maximum Gasteiger partial charge on any atom is 0.335 e. The van der Waals surface area contributed by atoms with Crippen LogP contribution >= 0.6 is 0 Å². The van der Waals surface area contributed by atoms with Crippen molar-refractivity contribution in [3.63, 3.8) is 0 Å². The number of carbonyl (C=O) groups excluding carboxylic acids is 1. The number of carboxylic acids is 1. The van der Waals surface area contributed by atoms with Crippen molar-refractivity contribution in [1.29, 1.82) is 0 Å². The molecule has 1 heterocycles. The van der Waals surface area contributed by atoms with E-state index in [1.807, 2.05) is 35.3 Å². The lowest BCUT2D eigenvalue weighted by Crippen LogP contribution is -2.33. The number of benzene rings is 2. The Labute approximate surface area is 168 Å². The molecule has 2 fully saturated rings. The zero-order valence-corrected chi connectivity index (χ0v) is 15.7. The number of aromatic carboxylic acids is 1. The van der Waals surface area contributed by atoms with Crippen LogP contribution in [0.15, 0.2) is 72.8 Å². The van der Waals surface area contributed by atoms with Crippen LogP contribution in [0.3, 0.4) is 0 Å². The van der Waals surface area contributed by atoms with Crippen LogP contribution in [-0.4, -0.2) is 27.9 Å². The average molecular weight is 389 g/mol. The second-order valence-electron chi connectivity index (χ2n) is 8.08. The van der Waals surface area contributed by atoms with Crippen molar-refractivity contribution in [3.8, 4) is 0 Å². The molecular weight excluding hydrogens is 369 g/mol. The highest BCUT2D eigenvalue weighted by Crippen LogP contribution is 2.69. The summed E-state index contributed by atoms with van der Waals surface area (Å²) >= 11 is 0. The van der Waals surface area contributed by atoms with E-state index < -0.39 is 11.4 Å². The largest absolute Gasteiger partial charge is 0.478 e. The van der Waals surface area contributed by atoms with Gasteiger partial charge in [-0.05, 0) is 41.8 Å². The van der Waals surface area contributed by atoms with Gasteiger partial charge in [0.05, 0.1) is 17.0 Å². The van der Waals surface area contributed by atoms with Gasteiger partial charge in [-0.1, -0.05) is 48.6 Å². The van der Waals surface area contributed by atoms with Crippen molar-refractivity contribution in [2.45, 2.75) is 24.9 Å². The molecule has 4 nitrogen and oxygen atoms in total. The van der Waals surface area contributed by atoms with Crippen LogP contribution in [0, 0.1) is 17.2 Å². The Morgan fingerprint density at radius 3 is 2.72 bits per heavy atom. The van der Waals surface area contributed by atoms with E-state index in [0.29, 0.717) is 13.0 Å². The summed E-state index contributed by atoms with van der Waals surface area (Å²) < 4.78 is 13.8. The zero-order valence-electron chi connectivity index (χ0n) is 15.7. The summed E-state index contributed by atoms with van der Waals surface area (Å²) in [4.78, 5) is 26.7. The second kappa shape index (κ2) is 6.41. The van der Waals surface area contributed by atoms with E-state index in [2.05, 4.69) is 6.08 Å². The standard InChI is InChI=1S/C24H20FNO3/c25-18-8-4-6-16(12-18)20-13-24(20)19-9-1-2-10-21(19)26(23(24)29)14-15-5-3-7-17(11-15)22(27)28/h1-12,19-21H,13-14H2,(H,27,28)/t19?,20-,21?,24+/m1/s1. The minimum absolute atomic E-state index is 0.00436. The number of fused-ring (bicyclic) bond motifs is 2. The summed E-state index contributed by atoms with van der Waals surface area (Å²) in [6, 6.07) is 13.2. The molecule has 3 aliphatic rings. The molecule has 1 saturated carbocycles. The Bertz CT molecular complexity index is 1080. The minimum Gasteiger partial charge on any atom is -0.478 e. The van der Waals surface area contributed by atoms with E-state index >= 15 is 0 Å². The predicted octanol–water partition coefficient (Wildman–Crippen LogP) is 4.15. The topological polar surface area (TPSA) is 57.6 Å². The molecule has 2 aliphatic carbocycles. The number of rotatable bonds is 4. The molecule has 4 atom stereocenters. The summed E-state index contributed by atoms with van der Waals surface area (Å²) in [6.45, 7) is 0.358. The smallest absolute Gasteiger partial charge is 0.335 e. The first-order chi connectivity index (χ1) is 14.0. The summed E-state index contributed by atoms with van der Waals surface area (Å²) in [7, 11) is 0. The van der Waals surface area contributed by atoms with E-state index in [0.717, 1.165) is 11.1 Å². The first-order valence-corrected chi connectivity index (χ1v) is 9.74. The van der Waals surface area contributed by atoms with Gasteiger partial charge in [0.15, 0.2) is 0 Å². The van der Waals surface area contributed by atoms with E-state index in [1.54, 1.807) is 24.3 Å². The van der Waals surface area contributed by atoms with Crippen molar-refractivity contribution in [2.75, 3.05) is 0 Å². The number of halogens is 1. The monoisotopic (exact) mass is 389 g/mol. The first kappa shape index (κ1) is 17.9. The Morgan fingerprint density at radius 2 is 1.93 bits per heavy atom. The summed E-state index contributed by atoms with van der Waals surface area (Å²) in [6.07, 6.45) is 8.77. The van der Waals surface area contributed by atoms with E-state index in [-0.39, 0.29) is 35.2 Å². The number of amides is 1. The fourth-order valence-electron chi connectivity index (χ4n) is 5.11. The van der Waals surface area contributed by atoms with Gasteiger partial charge in [-0.2, -0.15) is 0 Å². The summed E-state index contributed by atoms with van der Waals surface area (Å²) in [5.41, 5.74) is 1.34. The molecule has 5 rings (SSSR count). The van der Waals surface area contributed by atoms with Gasteiger partial charge in [0, 0.05) is 18.4 Å². The van der Waals surface area contributed by atoms with Crippen LogP contribution in [0.4, 0.5) is 4.39 Å². The van der Waals surface area contributed by atoms with Gasteiger partial charge in [0.25, 0.3) is 0 Å². The molecule has 0 radical (unpaired) electrons. The molecule has 1 spiro atoms. The van der Waals surface area contributed by atoms with Gasteiger partial charge < -0.3 is 10.0 Å². The van der Waals surface area contributed by atoms with E-state index in [1.165, 1.54) is 12.1 Å². The molecule has 29 heavy (non-hydrogen) atoms. The molecule has 2 aromatic carbocycles. The summed E-state index contributed by atoms with van der Waals surface area (Å²) in [5, 5.41) is 9.25. The lowest BCUT2D eigenvalue weighted by Gasteiger charge is -2.26. The number of carboxylic acid groups (broad SMARTS) is 1. The van der Waals surface area contributed by atoms with Crippen molar-refractivity contribution < 1.29 is 19.1 Å². The molecule has 1 aliphatic heterocycles. The molecule has 1 N–H and O–H groups in total. The van der Waals surface area contributed by atoms with Gasteiger partial charge in [-0.15, -0.1) is 0 Å². The third kappa shape index (κ3) is 2.72. The lowest BCUT2D eigenvalue weighted by atomic mass is 9.82. The van der Waals surface area contributed by atoms with Crippen molar-refractivity contribution in [1.82, 2.24) is 4.90 Å². The molecule has 5 heteroatoms. The molecule has 146 valence electrons. The van der Waals surface area contributed by atoms with Crippen LogP contribution in [-0.2, 0) is 11.3 Å². The Morgan fingerprint density at radius 1 is 1.14 bits per heavy atom. The zero-order chi connectivity index (χ0) is 20.2. The highest BCUT2D eigenvalue weighted by Gasteiger charge is 2.71. The SMILES string of the molecule is O=C(O)c1cccc(CN2C(=O)[C@@]3(C[C@@H]3c3cccc(F)c3)C3C=CC=CC32)c1. The van der Waals surface area contributed by atoms with Gasteiger partial charge in [-0.3, -0.25) is 4.79 Å². The molecule has 2 unspecified atom stereocenters. The van der Waals surface area contributed by atoms with E-state index in [4.69, 9.17) is 0 Å². The lowest BCUT2D eigenvalue weighted by molar-refractivity contribution is -0.133. The quantitative estimate of drug-likeness (QED) is 0.855. The van der Waals surface area contributed by atoms with Crippen molar-refractivity contribution in [3.05, 3.63) is 95.3 Å². The molecule has 2 aromatic rings. The summed E-state index contributed by atoms with van der Waals surface area (Å²) in [5.74, 6) is -1.16. The van der Waals surface area contributed by atoms with Crippen LogP contribution in [0.2, 0.25) is 0 Å². The van der Waals surface area contributed by atoms with Crippen LogP contribution in [0.5, 0.6) is 0 Å². The van der Waals surface area contributed by atoms with Crippen LogP contribution < -0.4 is 0 Å². The van der Waals surface area contributed by atoms with Gasteiger partial charge in [0.1, 0.15) is 5.82 Å². The molecule has 1 amide bonds. The Balaban J connectivity index is 1.48. The van der Waals surface area contributed by atoms with Gasteiger partial charge in [-0.25, -0.2) is 9.18 Å². The predicted molar refractivity (Wildman–Crippen MR) is 106 cm³/mol. The first-order valence-electron chi connectivity index (χ1n) is 9.74. The normalized spacial score (nSPS) is 29.3. The number of allylic oxidation sites excluding steroid dienone is 2. The number of likely N-dealkylation sites (tertiary alicyclic amines) is 1. The molecular formula is C24H20FNO3. The highest BCUT2D eigenvalue weighted by atomic mass is 19.1. The maximum absolute atomic E-state index is 13.8. The second-order valence-corrected chi connectivity index (χ2v) is 8.08. The fourth-order valence-corrected chi connectivity index (χ4v) is 5.11. The van der Waals surface area contributed by atoms with Crippen molar-refractivity contribution in [2.24, 2.45) is 11.3 Å². The van der Waals surface area contributed by atoms with Crippen LogP contribution in [0.1, 0.15) is 33.8 Å².